The second-order valence-corrected chi connectivity index (χ2v) is 7.14. The van der Waals surface area contributed by atoms with Crippen molar-refractivity contribution in [1.82, 2.24) is 0 Å². The van der Waals surface area contributed by atoms with Crippen molar-refractivity contribution in [2.24, 2.45) is 5.92 Å². The standard InChI is InChI=1S/C22H24F4O/c1-3-5-13-6-11-18(27-12-13)17-10-9-16(21(25)22(17)26)15-8-7-14(4-2)19(23)20(15)24/h7-10,13,18H,3-6,11-12H2,1-2H3. The third-order valence-corrected chi connectivity index (χ3v) is 5.36. The third kappa shape index (κ3) is 3.88. The molecule has 0 bridgehead atoms. The quantitative estimate of drug-likeness (QED) is 0.522. The van der Waals surface area contributed by atoms with E-state index in [1.807, 2.05) is 0 Å². The van der Waals surface area contributed by atoms with Crippen molar-refractivity contribution in [2.45, 2.75) is 52.1 Å². The lowest BCUT2D eigenvalue weighted by atomic mass is 9.90. The van der Waals surface area contributed by atoms with Crippen LogP contribution in [-0.4, -0.2) is 6.61 Å². The van der Waals surface area contributed by atoms with E-state index in [9.17, 15) is 17.6 Å². The number of halogens is 4. The van der Waals surface area contributed by atoms with Gasteiger partial charge in [0.25, 0.3) is 0 Å². The lowest BCUT2D eigenvalue weighted by Gasteiger charge is -2.29. The summed E-state index contributed by atoms with van der Waals surface area (Å²) in [5.41, 5.74) is -0.224. The summed E-state index contributed by atoms with van der Waals surface area (Å²) in [6, 6.07) is 5.42. The summed E-state index contributed by atoms with van der Waals surface area (Å²) in [6.45, 7) is 4.33. The van der Waals surface area contributed by atoms with E-state index in [0.717, 1.165) is 19.3 Å². The van der Waals surface area contributed by atoms with E-state index in [-0.39, 0.29) is 22.3 Å². The lowest BCUT2D eigenvalue weighted by molar-refractivity contribution is -0.0214. The van der Waals surface area contributed by atoms with Crippen molar-refractivity contribution in [2.75, 3.05) is 6.61 Å². The molecule has 0 aromatic heterocycles. The Morgan fingerprint density at radius 2 is 1.52 bits per heavy atom. The molecule has 2 aromatic carbocycles. The molecule has 1 fully saturated rings. The Balaban J connectivity index is 1.89. The molecular weight excluding hydrogens is 356 g/mol. The van der Waals surface area contributed by atoms with Crippen molar-refractivity contribution in [3.8, 4) is 11.1 Å². The van der Waals surface area contributed by atoms with Crippen LogP contribution in [0.15, 0.2) is 24.3 Å². The maximum atomic E-state index is 14.7. The van der Waals surface area contributed by atoms with E-state index in [1.165, 1.54) is 24.3 Å². The Morgan fingerprint density at radius 1 is 0.852 bits per heavy atom. The predicted molar refractivity (Wildman–Crippen MR) is 97.4 cm³/mol. The minimum absolute atomic E-state index is 0.136. The fraction of sp³-hybridized carbons (Fsp3) is 0.455. The van der Waals surface area contributed by atoms with E-state index in [1.54, 1.807) is 6.92 Å². The molecule has 3 rings (SSSR count). The Bertz CT molecular complexity index is 810. The lowest BCUT2D eigenvalue weighted by Crippen LogP contribution is -2.21. The first-order valence-corrected chi connectivity index (χ1v) is 9.54. The van der Waals surface area contributed by atoms with Gasteiger partial charge in [-0.15, -0.1) is 0 Å². The molecule has 1 aliphatic rings. The van der Waals surface area contributed by atoms with Crippen molar-refractivity contribution < 1.29 is 22.3 Å². The van der Waals surface area contributed by atoms with Crippen LogP contribution in [0.2, 0.25) is 0 Å². The zero-order valence-corrected chi connectivity index (χ0v) is 15.6. The highest BCUT2D eigenvalue weighted by Crippen LogP contribution is 2.37. The topological polar surface area (TPSA) is 9.23 Å². The molecule has 0 amide bonds. The van der Waals surface area contributed by atoms with E-state index >= 15 is 0 Å². The molecule has 1 heterocycles. The molecule has 146 valence electrons. The molecule has 5 heteroatoms. The van der Waals surface area contributed by atoms with Gasteiger partial charge < -0.3 is 4.74 Å². The second kappa shape index (κ2) is 8.42. The van der Waals surface area contributed by atoms with Gasteiger partial charge in [-0.3, -0.25) is 0 Å². The maximum absolute atomic E-state index is 14.7. The Labute approximate surface area is 157 Å². The largest absolute Gasteiger partial charge is 0.373 e. The van der Waals surface area contributed by atoms with Crippen LogP contribution >= 0.6 is 0 Å². The summed E-state index contributed by atoms with van der Waals surface area (Å²) < 4.78 is 63.5. The van der Waals surface area contributed by atoms with Gasteiger partial charge in [-0.05, 0) is 37.2 Å². The first-order valence-electron chi connectivity index (χ1n) is 9.54. The molecule has 2 aromatic rings. The van der Waals surface area contributed by atoms with Gasteiger partial charge in [0.15, 0.2) is 23.3 Å². The number of benzene rings is 2. The number of rotatable bonds is 5. The number of hydrogen-bond acceptors (Lipinski definition) is 1. The highest BCUT2D eigenvalue weighted by atomic mass is 19.2. The van der Waals surface area contributed by atoms with Crippen LogP contribution in [0.4, 0.5) is 17.6 Å². The van der Waals surface area contributed by atoms with Crippen molar-refractivity contribution in [1.29, 1.82) is 0 Å². The van der Waals surface area contributed by atoms with Gasteiger partial charge >= 0.3 is 0 Å². The van der Waals surface area contributed by atoms with Crippen LogP contribution in [0.3, 0.4) is 0 Å². The highest BCUT2D eigenvalue weighted by Gasteiger charge is 2.27. The van der Waals surface area contributed by atoms with Crippen LogP contribution in [0.1, 0.15) is 56.8 Å². The monoisotopic (exact) mass is 380 g/mol. The third-order valence-electron chi connectivity index (χ3n) is 5.36. The average Bonchev–Trinajstić information content (AvgIpc) is 2.68. The van der Waals surface area contributed by atoms with Crippen LogP contribution in [0.5, 0.6) is 0 Å². The summed E-state index contributed by atoms with van der Waals surface area (Å²) >= 11 is 0. The Morgan fingerprint density at radius 3 is 2.11 bits per heavy atom. The first-order chi connectivity index (χ1) is 13.0. The van der Waals surface area contributed by atoms with E-state index < -0.39 is 29.4 Å². The summed E-state index contributed by atoms with van der Waals surface area (Å²) in [7, 11) is 0. The minimum atomic E-state index is -1.17. The van der Waals surface area contributed by atoms with E-state index in [4.69, 9.17) is 4.74 Å². The zero-order chi connectivity index (χ0) is 19.6. The van der Waals surface area contributed by atoms with Gasteiger partial charge in [0.2, 0.25) is 0 Å². The molecule has 0 radical (unpaired) electrons. The molecule has 1 saturated heterocycles. The Hall–Kier alpha value is -1.88. The molecule has 27 heavy (non-hydrogen) atoms. The van der Waals surface area contributed by atoms with Gasteiger partial charge in [-0.25, -0.2) is 17.6 Å². The van der Waals surface area contributed by atoms with Gasteiger partial charge in [0.05, 0.1) is 12.7 Å². The molecular formula is C22H24F4O. The molecule has 2 unspecified atom stereocenters. The molecule has 2 atom stereocenters. The maximum Gasteiger partial charge on any atom is 0.167 e. The summed E-state index contributed by atoms with van der Waals surface area (Å²) in [6.07, 6.45) is 3.45. The van der Waals surface area contributed by atoms with Gasteiger partial charge in [0.1, 0.15) is 0 Å². The first kappa shape index (κ1) is 19.9. The van der Waals surface area contributed by atoms with Crippen LogP contribution in [-0.2, 0) is 11.2 Å². The van der Waals surface area contributed by atoms with Gasteiger partial charge in [0, 0.05) is 16.7 Å². The van der Waals surface area contributed by atoms with Gasteiger partial charge in [-0.2, -0.15) is 0 Å². The van der Waals surface area contributed by atoms with Crippen molar-refractivity contribution in [3.63, 3.8) is 0 Å². The minimum Gasteiger partial charge on any atom is -0.373 e. The van der Waals surface area contributed by atoms with E-state index in [2.05, 4.69) is 6.92 Å². The van der Waals surface area contributed by atoms with Crippen LogP contribution in [0.25, 0.3) is 11.1 Å². The summed E-state index contributed by atoms with van der Waals surface area (Å²) in [5, 5.41) is 0. The second-order valence-electron chi connectivity index (χ2n) is 7.14. The smallest absolute Gasteiger partial charge is 0.167 e. The van der Waals surface area contributed by atoms with Crippen LogP contribution < -0.4 is 0 Å². The summed E-state index contributed by atoms with van der Waals surface area (Å²) in [4.78, 5) is 0. The molecule has 0 aliphatic carbocycles. The average molecular weight is 380 g/mol. The predicted octanol–water partition coefficient (Wildman–Crippen LogP) is 6.74. The van der Waals surface area contributed by atoms with Crippen molar-refractivity contribution >= 4 is 0 Å². The van der Waals surface area contributed by atoms with E-state index in [0.29, 0.717) is 25.4 Å². The van der Waals surface area contributed by atoms with Crippen LogP contribution in [0, 0.1) is 29.2 Å². The SMILES string of the molecule is CCCC1CCC(c2ccc(-c3ccc(CC)c(F)c3F)c(F)c2F)OC1. The molecule has 1 aliphatic heterocycles. The van der Waals surface area contributed by atoms with Gasteiger partial charge in [-0.1, -0.05) is 44.5 Å². The fourth-order valence-corrected chi connectivity index (χ4v) is 3.78. The number of ether oxygens (including phenoxy) is 1. The summed E-state index contributed by atoms with van der Waals surface area (Å²) in [5.74, 6) is -3.94. The number of aryl methyl sites for hydroxylation is 1. The molecule has 1 nitrogen and oxygen atoms in total. The molecule has 0 spiro atoms. The fourth-order valence-electron chi connectivity index (χ4n) is 3.78. The molecule has 0 saturated carbocycles. The molecule has 0 N–H and O–H groups in total. The zero-order valence-electron chi connectivity index (χ0n) is 15.6. The Kier molecular flexibility index (Phi) is 6.20. The normalized spacial score (nSPS) is 20.1. The number of hydrogen-bond donors (Lipinski definition) is 0. The van der Waals surface area contributed by atoms with Crippen molar-refractivity contribution in [3.05, 3.63) is 58.7 Å². The highest BCUT2D eigenvalue weighted by molar-refractivity contribution is 5.66.